The molecule has 0 atom stereocenters. The molecular weight excluding hydrogens is 491 g/mol. The van der Waals surface area contributed by atoms with E-state index in [9.17, 15) is 17.6 Å². The molecule has 10 heteroatoms. The molecule has 0 aliphatic carbocycles. The molecule has 0 fully saturated rings. The molecule has 0 aliphatic rings. The van der Waals surface area contributed by atoms with E-state index in [1.165, 1.54) is 30.3 Å². The topological polar surface area (TPSA) is 93.1 Å². The second kappa shape index (κ2) is 9.89. The Balaban J connectivity index is 1.53. The molecule has 1 amide bonds. The molecule has 180 valence electrons. The molecule has 2 N–H and O–H groups in total. The molecule has 0 spiro atoms. The minimum Gasteiger partial charge on any atom is -0.322 e. The maximum Gasteiger partial charge on any atom is 0.264 e. The second-order valence-corrected chi connectivity index (χ2v) is 10.1. The van der Waals surface area contributed by atoms with Crippen LogP contribution >= 0.6 is 11.6 Å². The number of aromatic nitrogens is 2. The Labute approximate surface area is 207 Å². The Morgan fingerprint density at radius 2 is 1.71 bits per heavy atom. The number of rotatable bonds is 7. The molecule has 0 bridgehead atoms. The van der Waals surface area contributed by atoms with Gasteiger partial charge in [-0.05, 0) is 80.1 Å². The third kappa shape index (κ3) is 5.87. The van der Waals surface area contributed by atoms with Crippen molar-refractivity contribution in [1.82, 2.24) is 9.78 Å². The summed E-state index contributed by atoms with van der Waals surface area (Å²) >= 11 is 5.82. The van der Waals surface area contributed by atoms with Gasteiger partial charge < -0.3 is 5.32 Å². The van der Waals surface area contributed by atoms with E-state index < -0.39 is 26.6 Å². The third-order valence-corrected chi connectivity index (χ3v) is 6.85. The van der Waals surface area contributed by atoms with E-state index >= 15 is 0 Å². The first-order chi connectivity index (χ1) is 16.6. The highest BCUT2D eigenvalue weighted by Crippen LogP contribution is 2.24. The lowest BCUT2D eigenvalue weighted by Gasteiger charge is -2.12. The fourth-order valence-corrected chi connectivity index (χ4v) is 4.83. The van der Waals surface area contributed by atoms with Crippen LogP contribution in [-0.4, -0.2) is 24.1 Å². The Morgan fingerprint density at radius 3 is 2.40 bits per heavy atom. The van der Waals surface area contributed by atoms with Crippen molar-refractivity contribution < 1.29 is 17.6 Å². The number of halogens is 2. The highest BCUT2D eigenvalue weighted by molar-refractivity contribution is 7.92. The summed E-state index contributed by atoms with van der Waals surface area (Å²) in [5.41, 5.74) is 3.52. The van der Waals surface area contributed by atoms with E-state index in [2.05, 4.69) is 15.1 Å². The maximum atomic E-state index is 14.4. The number of nitrogens with zero attached hydrogens (tertiary/aromatic N) is 2. The quantitative estimate of drug-likeness (QED) is 0.347. The van der Waals surface area contributed by atoms with Crippen molar-refractivity contribution in [2.45, 2.75) is 25.3 Å². The van der Waals surface area contributed by atoms with E-state index in [1.54, 1.807) is 18.2 Å². The predicted octanol–water partition coefficient (Wildman–Crippen LogP) is 5.39. The molecule has 7 nitrogen and oxygen atoms in total. The first-order valence-corrected chi connectivity index (χ1v) is 12.5. The number of hydrogen-bond acceptors (Lipinski definition) is 4. The molecule has 3 aromatic carbocycles. The van der Waals surface area contributed by atoms with Crippen molar-refractivity contribution >= 4 is 38.9 Å². The zero-order valence-corrected chi connectivity index (χ0v) is 20.5. The number of benzene rings is 3. The molecule has 0 unspecified atom stereocenters. The number of anilines is 2. The van der Waals surface area contributed by atoms with Crippen LogP contribution in [0.1, 0.15) is 27.3 Å². The van der Waals surface area contributed by atoms with E-state index in [-0.39, 0.29) is 11.4 Å². The van der Waals surface area contributed by atoms with Gasteiger partial charge in [0.25, 0.3) is 15.9 Å². The lowest BCUT2D eigenvalue weighted by molar-refractivity contribution is 0.102. The third-order valence-electron chi connectivity index (χ3n) is 5.20. The monoisotopic (exact) mass is 512 g/mol. The molecule has 0 radical (unpaired) electrons. The van der Waals surface area contributed by atoms with Crippen LogP contribution in [0.4, 0.5) is 15.8 Å². The highest BCUT2D eigenvalue weighted by atomic mass is 35.5. The molecular formula is C25H22ClFN4O3S. The van der Waals surface area contributed by atoms with E-state index in [1.807, 2.05) is 30.7 Å². The van der Waals surface area contributed by atoms with Crippen LogP contribution in [0.2, 0.25) is 5.02 Å². The zero-order chi connectivity index (χ0) is 25.2. The summed E-state index contributed by atoms with van der Waals surface area (Å²) in [6, 6.07) is 18.3. The van der Waals surface area contributed by atoms with E-state index in [0.717, 1.165) is 29.1 Å². The van der Waals surface area contributed by atoms with Crippen LogP contribution in [0.5, 0.6) is 0 Å². The molecule has 0 saturated carbocycles. The van der Waals surface area contributed by atoms with Gasteiger partial charge in [0.15, 0.2) is 0 Å². The number of hydrogen-bond donors (Lipinski definition) is 2. The van der Waals surface area contributed by atoms with Crippen molar-refractivity contribution in [3.63, 3.8) is 0 Å². The maximum absolute atomic E-state index is 14.4. The molecule has 1 aromatic heterocycles. The van der Waals surface area contributed by atoms with Crippen LogP contribution < -0.4 is 10.0 Å². The van der Waals surface area contributed by atoms with Crippen LogP contribution in [0, 0.1) is 19.7 Å². The van der Waals surface area contributed by atoms with Gasteiger partial charge in [0.2, 0.25) is 0 Å². The van der Waals surface area contributed by atoms with Gasteiger partial charge in [-0.1, -0.05) is 23.7 Å². The Hall–Kier alpha value is -3.69. The summed E-state index contributed by atoms with van der Waals surface area (Å²) in [5.74, 6) is -1.41. The summed E-state index contributed by atoms with van der Waals surface area (Å²) in [5, 5.41) is 7.51. The number of amides is 1. The van der Waals surface area contributed by atoms with Crippen molar-refractivity contribution in [2.75, 3.05) is 10.0 Å². The zero-order valence-electron chi connectivity index (χ0n) is 18.9. The summed E-state index contributed by atoms with van der Waals surface area (Å²) in [4.78, 5) is 12.3. The number of carbonyl (C=O) groups is 1. The average molecular weight is 513 g/mol. The minimum absolute atomic E-state index is 0.136. The molecule has 0 aliphatic heterocycles. The van der Waals surface area contributed by atoms with Crippen molar-refractivity contribution in [2.24, 2.45) is 0 Å². The first-order valence-electron chi connectivity index (χ1n) is 10.6. The van der Waals surface area contributed by atoms with Gasteiger partial charge in [0, 0.05) is 27.7 Å². The summed E-state index contributed by atoms with van der Waals surface area (Å²) in [6.45, 7) is 4.37. The van der Waals surface area contributed by atoms with Gasteiger partial charge in [-0.3, -0.25) is 14.2 Å². The molecule has 1 heterocycles. The summed E-state index contributed by atoms with van der Waals surface area (Å²) in [7, 11) is -4.25. The molecule has 35 heavy (non-hydrogen) atoms. The van der Waals surface area contributed by atoms with Crippen molar-refractivity contribution in [3.05, 3.63) is 106 Å². The van der Waals surface area contributed by atoms with Gasteiger partial charge in [-0.2, -0.15) is 5.10 Å². The smallest absolute Gasteiger partial charge is 0.264 e. The molecule has 4 rings (SSSR count). The van der Waals surface area contributed by atoms with E-state index in [0.29, 0.717) is 17.1 Å². The number of aryl methyl sites for hydroxylation is 2. The van der Waals surface area contributed by atoms with Gasteiger partial charge in [-0.15, -0.1) is 0 Å². The highest BCUT2D eigenvalue weighted by Gasteiger charge is 2.21. The van der Waals surface area contributed by atoms with E-state index in [4.69, 9.17) is 11.6 Å². The summed E-state index contributed by atoms with van der Waals surface area (Å²) in [6.07, 6.45) is 0. The van der Waals surface area contributed by atoms with Crippen molar-refractivity contribution in [1.29, 1.82) is 0 Å². The van der Waals surface area contributed by atoms with Crippen LogP contribution in [0.15, 0.2) is 77.7 Å². The Bertz CT molecular complexity index is 1500. The van der Waals surface area contributed by atoms with Crippen LogP contribution in [-0.2, 0) is 16.6 Å². The second-order valence-electron chi connectivity index (χ2n) is 8.00. The van der Waals surface area contributed by atoms with Gasteiger partial charge in [-0.25, -0.2) is 12.8 Å². The number of sulfonamides is 1. The van der Waals surface area contributed by atoms with Crippen LogP contribution in [0.25, 0.3) is 0 Å². The lowest BCUT2D eigenvalue weighted by Crippen LogP contribution is -2.16. The SMILES string of the molecule is Cc1cc(C)n(Cc2cccc(C(=O)Nc3ccc(F)c(S(=O)(=O)Nc4ccc(Cl)cc4)c3)c2)n1. The van der Waals surface area contributed by atoms with Gasteiger partial charge in [0.05, 0.1) is 12.2 Å². The Kier molecular flexibility index (Phi) is 6.90. The number of nitrogens with one attached hydrogen (secondary N) is 2. The lowest BCUT2D eigenvalue weighted by atomic mass is 10.1. The fourth-order valence-electron chi connectivity index (χ4n) is 3.54. The normalized spacial score (nSPS) is 11.3. The van der Waals surface area contributed by atoms with Gasteiger partial charge in [0.1, 0.15) is 10.7 Å². The van der Waals surface area contributed by atoms with Crippen LogP contribution in [0.3, 0.4) is 0 Å². The van der Waals surface area contributed by atoms with Crippen molar-refractivity contribution in [3.8, 4) is 0 Å². The first kappa shape index (κ1) is 24.4. The Morgan fingerprint density at radius 1 is 1.00 bits per heavy atom. The minimum atomic E-state index is -4.25. The fraction of sp³-hybridized carbons (Fsp3) is 0.120. The summed E-state index contributed by atoms with van der Waals surface area (Å²) < 4.78 is 44.1. The van der Waals surface area contributed by atoms with Gasteiger partial charge >= 0.3 is 0 Å². The predicted molar refractivity (Wildman–Crippen MR) is 134 cm³/mol. The average Bonchev–Trinajstić information content (AvgIpc) is 3.13. The molecule has 0 saturated heterocycles. The largest absolute Gasteiger partial charge is 0.322 e. The molecule has 4 aromatic rings. The standard InChI is InChI=1S/C25H22ClFN4O3S/c1-16-12-17(2)31(29-16)15-18-4-3-5-19(13-18)25(32)28-22-10-11-23(27)24(14-22)35(33,34)30-21-8-6-20(26)7-9-21/h3-14,30H,15H2,1-2H3,(H,28,32). The number of carbonyl (C=O) groups excluding carboxylic acids is 1.